The molecule has 2 rings (SSSR count). The van der Waals surface area contributed by atoms with Crippen LogP contribution in [0, 0.1) is 3.57 Å². The van der Waals surface area contributed by atoms with Gasteiger partial charge in [-0.15, -0.1) is 0 Å². The number of halogens is 1. The van der Waals surface area contributed by atoms with E-state index in [2.05, 4.69) is 47.2 Å². The number of nitrogens with zero attached hydrogens (tertiary/aromatic N) is 3. The molecule has 0 saturated heterocycles. The van der Waals surface area contributed by atoms with Gasteiger partial charge in [-0.05, 0) is 51.1 Å². The van der Waals surface area contributed by atoms with Gasteiger partial charge in [-0.25, -0.2) is 19.5 Å². The fourth-order valence-corrected chi connectivity index (χ4v) is 3.35. The Kier molecular flexibility index (Phi) is 6.93. The van der Waals surface area contributed by atoms with Gasteiger partial charge in [0.1, 0.15) is 0 Å². The fourth-order valence-electron chi connectivity index (χ4n) is 1.56. The number of hydrogen-bond acceptors (Lipinski definition) is 8. The molecule has 0 bridgehead atoms. The maximum Gasteiger partial charge on any atom is 0.274 e. The van der Waals surface area contributed by atoms with Crippen LogP contribution < -0.4 is 15.3 Å². The molecule has 24 heavy (non-hydrogen) atoms. The SMILES string of the molecule is NS(=O)(=O)NCCSc1nonc1C(=Nc1cccc(I)c1)NO. The van der Waals surface area contributed by atoms with Gasteiger partial charge in [-0.1, -0.05) is 17.8 Å². The minimum atomic E-state index is -3.74. The van der Waals surface area contributed by atoms with E-state index in [0.29, 0.717) is 16.5 Å². The summed E-state index contributed by atoms with van der Waals surface area (Å²) in [5.74, 6) is 0.389. The molecule has 130 valence electrons. The number of nitrogens with two attached hydrogens (primary N) is 1. The van der Waals surface area contributed by atoms with Gasteiger partial charge in [0.15, 0.2) is 16.6 Å². The molecule has 10 nitrogen and oxygen atoms in total. The van der Waals surface area contributed by atoms with Crippen molar-refractivity contribution in [2.24, 2.45) is 10.1 Å². The van der Waals surface area contributed by atoms with Gasteiger partial charge < -0.3 is 0 Å². The van der Waals surface area contributed by atoms with Crippen LogP contribution in [0.5, 0.6) is 0 Å². The Balaban J connectivity index is 2.11. The van der Waals surface area contributed by atoms with E-state index in [0.717, 1.165) is 3.57 Å². The number of benzene rings is 1. The summed E-state index contributed by atoms with van der Waals surface area (Å²) < 4.78 is 29.4. The number of hydrogen-bond donors (Lipinski definition) is 4. The third kappa shape index (κ3) is 5.99. The Bertz CT molecular complexity index is 825. The minimum Gasteiger partial charge on any atom is -0.290 e. The molecule has 0 amide bonds. The molecule has 2 aromatic rings. The third-order valence-corrected chi connectivity index (χ3v) is 4.71. The standard InChI is InChI=1S/C11H13IN6O4S2/c12-7-2-1-3-8(6-7)15-10(16-19)9-11(18-22-17-9)23-5-4-14-24(13,20)21/h1-3,6,14,19H,4-5H2,(H,15,16)(H2,13,20,21). The zero-order chi connectivity index (χ0) is 17.6. The average Bonchev–Trinajstić information content (AvgIpc) is 2.96. The maximum atomic E-state index is 10.8. The Morgan fingerprint density at radius 2 is 2.25 bits per heavy atom. The first kappa shape index (κ1) is 19.1. The number of amidine groups is 1. The largest absolute Gasteiger partial charge is 0.290 e. The normalized spacial score (nSPS) is 12.4. The number of aliphatic imine (C=N–C) groups is 1. The Morgan fingerprint density at radius 1 is 1.46 bits per heavy atom. The highest BCUT2D eigenvalue weighted by molar-refractivity contribution is 14.1. The lowest BCUT2D eigenvalue weighted by Gasteiger charge is -2.04. The molecule has 0 aliphatic rings. The fraction of sp³-hybridized carbons (Fsp3) is 0.182. The highest BCUT2D eigenvalue weighted by Crippen LogP contribution is 2.21. The second-order valence-electron chi connectivity index (χ2n) is 4.26. The number of hydroxylamine groups is 1. The van der Waals surface area contributed by atoms with Gasteiger partial charge >= 0.3 is 0 Å². The van der Waals surface area contributed by atoms with E-state index in [-0.39, 0.29) is 18.1 Å². The summed E-state index contributed by atoms with van der Waals surface area (Å²) in [5.41, 5.74) is 2.78. The van der Waals surface area contributed by atoms with E-state index in [1.165, 1.54) is 11.8 Å². The molecule has 0 aliphatic carbocycles. The first-order valence-corrected chi connectivity index (χ1v) is 9.97. The van der Waals surface area contributed by atoms with Gasteiger partial charge in [0.05, 0.1) is 5.69 Å². The lowest BCUT2D eigenvalue weighted by molar-refractivity contribution is 0.234. The van der Waals surface area contributed by atoms with Crippen molar-refractivity contribution in [3.63, 3.8) is 0 Å². The van der Waals surface area contributed by atoms with E-state index in [9.17, 15) is 13.6 Å². The summed E-state index contributed by atoms with van der Waals surface area (Å²) in [6, 6.07) is 7.30. The molecular weight excluding hydrogens is 471 g/mol. The molecule has 0 radical (unpaired) electrons. The summed E-state index contributed by atoms with van der Waals surface area (Å²) >= 11 is 3.31. The van der Waals surface area contributed by atoms with Crippen LogP contribution in [0.15, 0.2) is 38.9 Å². The lowest BCUT2D eigenvalue weighted by Crippen LogP contribution is -2.32. The van der Waals surface area contributed by atoms with Crippen molar-refractivity contribution in [3.8, 4) is 0 Å². The zero-order valence-electron chi connectivity index (χ0n) is 12.0. The van der Waals surface area contributed by atoms with E-state index in [1.54, 1.807) is 6.07 Å². The molecule has 1 aromatic heterocycles. The highest BCUT2D eigenvalue weighted by atomic mass is 127. The molecule has 0 unspecified atom stereocenters. The van der Waals surface area contributed by atoms with Gasteiger partial charge in [0, 0.05) is 15.9 Å². The van der Waals surface area contributed by atoms with Crippen LogP contribution in [0.1, 0.15) is 5.69 Å². The van der Waals surface area contributed by atoms with Crippen molar-refractivity contribution >= 4 is 56.1 Å². The zero-order valence-corrected chi connectivity index (χ0v) is 15.8. The summed E-state index contributed by atoms with van der Waals surface area (Å²) in [6.07, 6.45) is 0. The molecule has 5 N–H and O–H groups in total. The quantitative estimate of drug-likeness (QED) is 0.111. The van der Waals surface area contributed by atoms with Crippen LogP contribution >= 0.6 is 34.4 Å². The van der Waals surface area contributed by atoms with Crippen LogP contribution in [-0.2, 0) is 10.2 Å². The molecule has 0 atom stereocenters. The third-order valence-electron chi connectivity index (χ3n) is 2.48. The van der Waals surface area contributed by atoms with E-state index in [4.69, 9.17) is 5.14 Å². The van der Waals surface area contributed by atoms with Gasteiger partial charge in [-0.3, -0.25) is 10.7 Å². The molecule has 13 heteroatoms. The first-order chi connectivity index (χ1) is 11.4. The molecular formula is C11H13IN6O4S2. The molecule has 0 fully saturated rings. The number of aromatic nitrogens is 2. The van der Waals surface area contributed by atoms with Gasteiger partial charge in [0.25, 0.3) is 10.2 Å². The molecule has 0 saturated carbocycles. The predicted molar refractivity (Wildman–Crippen MR) is 96.4 cm³/mol. The molecule has 0 spiro atoms. The lowest BCUT2D eigenvalue weighted by atomic mass is 10.3. The molecule has 1 aromatic carbocycles. The Hall–Kier alpha value is -1.26. The van der Waals surface area contributed by atoms with Crippen LogP contribution in [0.25, 0.3) is 0 Å². The molecule has 0 aliphatic heterocycles. The first-order valence-electron chi connectivity index (χ1n) is 6.36. The van der Waals surface area contributed by atoms with Crippen LogP contribution in [0.2, 0.25) is 0 Å². The molecule has 1 heterocycles. The highest BCUT2D eigenvalue weighted by Gasteiger charge is 2.17. The minimum absolute atomic E-state index is 0.0557. The monoisotopic (exact) mass is 484 g/mol. The van der Waals surface area contributed by atoms with Crippen molar-refractivity contribution in [2.75, 3.05) is 12.3 Å². The Morgan fingerprint density at radius 3 is 2.92 bits per heavy atom. The average molecular weight is 484 g/mol. The smallest absolute Gasteiger partial charge is 0.274 e. The van der Waals surface area contributed by atoms with Crippen LogP contribution in [-0.4, -0.2) is 42.1 Å². The van der Waals surface area contributed by atoms with E-state index < -0.39 is 10.2 Å². The summed E-state index contributed by atoms with van der Waals surface area (Å²) in [7, 11) is -3.74. The number of thioether (sulfide) groups is 1. The summed E-state index contributed by atoms with van der Waals surface area (Å²) in [6.45, 7) is 0.103. The maximum absolute atomic E-state index is 10.8. The van der Waals surface area contributed by atoms with Crippen LogP contribution in [0.3, 0.4) is 0 Å². The van der Waals surface area contributed by atoms with Crippen molar-refractivity contribution in [3.05, 3.63) is 33.5 Å². The topological polar surface area (TPSA) is 156 Å². The van der Waals surface area contributed by atoms with E-state index >= 15 is 0 Å². The van der Waals surface area contributed by atoms with Crippen molar-refractivity contribution in [1.82, 2.24) is 20.5 Å². The van der Waals surface area contributed by atoms with E-state index in [1.807, 2.05) is 23.7 Å². The van der Waals surface area contributed by atoms with Crippen molar-refractivity contribution in [2.45, 2.75) is 5.03 Å². The second-order valence-corrected chi connectivity index (χ2v) is 7.97. The Labute approximate surface area is 155 Å². The number of rotatable bonds is 7. The summed E-state index contributed by atoms with van der Waals surface area (Å²) in [4.78, 5) is 4.25. The second kappa shape index (κ2) is 8.72. The summed E-state index contributed by atoms with van der Waals surface area (Å²) in [5, 5.41) is 21.9. The van der Waals surface area contributed by atoms with Gasteiger partial charge in [0.2, 0.25) is 0 Å². The van der Waals surface area contributed by atoms with Gasteiger partial charge in [-0.2, -0.15) is 8.42 Å². The van der Waals surface area contributed by atoms with Crippen molar-refractivity contribution < 1.29 is 18.3 Å². The predicted octanol–water partition coefficient (Wildman–Crippen LogP) is 0.617. The number of nitrogens with one attached hydrogen (secondary N) is 2. The van der Waals surface area contributed by atoms with Crippen LogP contribution in [0.4, 0.5) is 5.69 Å². The van der Waals surface area contributed by atoms with Crippen molar-refractivity contribution in [1.29, 1.82) is 0 Å².